The van der Waals surface area contributed by atoms with E-state index in [9.17, 15) is 14.3 Å². The zero-order chi connectivity index (χ0) is 14.5. The molecule has 2 aromatic carbocycles. The summed E-state index contributed by atoms with van der Waals surface area (Å²) in [5, 5.41) is 9.51. The van der Waals surface area contributed by atoms with Crippen LogP contribution in [0.1, 0.15) is 15.9 Å². The smallest absolute Gasteiger partial charge is 0.342 e. The molecule has 0 saturated heterocycles. The average Bonchev–Trinajstić information content (AvgIpc) is 2.45. The molecule has 0 heterocycles. The lowest BCUT2D eigenvalue weighted by Crippen LogP contribution is -2.05. The highest BCUT2D eigenvalue weighted by Crippen LogP contribution is 2.20. The maximum Gasteiger partial charge on any atom is 0.342 e. The maximum absolute atomic E-state index is 13.5. The molecular formula is C15H13FO4. The Kier molecular flexibility index (Phi) is 4.20. The van der Waals surface area contributed by atoms with E-state index in [0.717, 1.165) is 0 Å². The molecule has 0 saturated carbocycles. The molecule has 104 valence electrons. The zero-order valence-corrected chi connectivity index (χ0v) is 10.8. The summed E-state index contributed by atoms with van der Waals surface area (Å²) >= 11 is 0. The van der Waals surface area contributed by atoms with Crippen molar-refractivity contribution in [2.75, 3.05) is 7.11 Å². The first kappa shape index (κ1) is 13.9. The summed E-state index contributed by atoms with van der Waals surface area (Å²) in [7, 11) is 1.37. The van der Waals surface area contributed by atoms with Crippen LogP contribution in [-0.4, -0.2) is 18.2 Å². The van der Waals surface area contributed by atoms with Gasteiger partial charge in [-0.15, -0.1) is 0 Å². The quantitative estimate of drug-likeness (QED) is 0.872. The van der Waals surface area contributed by atoms with E-state index < -0.39 is 11.8 Å². The molecule has 0 aliphatic heterocycles. The monoisotopic (exact) mass is 276 g/mol. The zero-order valence-electron chi connectivity index (χ0n) is 10.8. The molecule has 0 bridgehead atoms. The molecule has 0 fully saturated rings. The normalized spacial score (nSPS) is 10.1. The molecule has 2 aromatic rings. The van der Waals surface area contributed by atoms with E-state index in [2.05, 4.69) is 0 Å². The highest BCUT2D eigenvalue weighted by molar-refractivity contribution is 5.92. The van der Waals surface area contributed by atoms with Crippen molar-refractivity contribution in [1.82, 2.24) is 0 Å². The number of hydrogen-bond acceptors (Lipinski definition) is 4. The lowest BCUT2D eigenvalue weighted by atomic mass is 10.2. The lowest BCUT2D eigenvalue weighted by Gasteiger charge is -2.07. The number of halogens is 1. The van der Waals surface area contributed by atoms with Gasteiger partial charge in [-0.05, 0) is 29.8 Å². The first-order valence-corrected chi connectivity index (χ1v) is 5.89. The molecular weight excluding hydrogens is 263 g/mol. The number of benzene rings is 2. The second-order valence-corrected chi connectivity index (χ2v) is 4.06. The van der Waals surface area contributed by atoms with Crippen molar-refractivity contribution >= 4 is 5.97 Å². The summed E-state index contributed by atoms with van der Waals surface area (Å²) < 4.78 is 23.3. The van der Waals surface area contributed by atoms with Gasteiger partial charge in [0.1, 0.15) is 17.9 Å². The van der Waals surface area contributed by atoms with E-state index in [1.807, 2.05) is 0 Å². The van der Waals surface area contributed by atoms with Crippen molar-refractivity contribution in [1.29, 1.82) is 0 Å². The van der Waals surface area contributed by atoms with E-state index in [4.69, 9.17) is 9.47 Å². The van der Waals surface area contributed by atoms with Crippen molar-refractivity contribution < 1.29 is 23.8 Å². The molecule has 2 rings (SSSR count). The summed E-state index contributed by atoms with van der Waals surface area (Å²) in [6, 6.07) is 10.3. The highest BCUT2D eigenvalue weighted by atomic mass is 19.1. The first-order valence-electron chi connectivity index (χ1n) is 5.89. The van der Waals surface area contributed by atoms with Gasteiger partial charge in [0, 0.05) is 0 Å². The van der Waals surface area contributed by atoms with E-state index >= 15 is 0 Å². The molecule has 0 radical (unpaired) electrons. The molecule has 0 aliphatic rings. The molecule has 5 heteroatoms. The lowest BCUT2D eigenvalue weighted by molar-refractivity contribution is 0.0469. The number of carbonyl (C=O) groups excluding carboxylic acids is 1. The Balaban J connectivity index is 2.04. The van der Waals surface area contributed by atoms with Gasteiger partial charge in [0.25, 0.3) is 0 Å². The van der Waals surface area contributed by atoms with Crippen LogP contribution in [0, 0.1) is 5.82 Å². The van der Waals surface area contributed by atoms with Gasteiger partial charge in [0.05, 0.1) is 7.11 Å². The molecule has 4 nitrogen and oxygen atoms in total. The Labute approximate surface area is 115 Å². The topological polar surface area (TPSA) is 55.8 Å². The Hall–Kier alpha value is -2.56. The fourth-order valence-corrected chi connectivity index (χ4v) is 1.67. The van der Waals surface area contributed by atoms with Crippen LogP contribution in [0.2, 0.25) is 0 Å². The number of carbonyl (C=O) groups is 1. The summed E-state index contributed by atoms with van der Waals surface area (Å²) in [5.74, 6) is -1.22. The van der Waals surface area contributed by atoms with Gasteiger partial charge >= 0.3 is 5.97 Å². The second-order valence-electron chi connectivity index (χ2n) is 4.06. The third-order valence-corrected chi connectivity index (χ3v) is 2.71. The summed E-state index contributed by atoms with van der Waals surface area (Å²) in [4.78, 5) is 11.7. The molecule has 1 N–H and O–H groups in total. The van der Waals surface area contributed by atoms with Gasteiger partial charge < -0.3 is 14.6 Å². The molecule has 0 amide bonds. The van der Waals surface area contributed by atoms with Crippen molar-refractivity contribution in [3.63, 3.8) is 0 Å². The Morgan fingerprint density at radius 1 is 1.25 bits per heavy atom. The van der Waals surface area contributed by atoms with Gasteiger partial charge in [-0.25, -0.2) is 9.18 Å². The van der Waals surface area contributed by atoms with Crippen molar-refractivity contribution in [2.24, 2.45) is 0 Å². The van der Waals surface area contributed by atoms with Crippen LogP contribution in [0.4, 0.5) is 4.39 Å². The molecule has 0 atom stereocenters. The number of rotatable bonds is 4. The number of methoxy groups -OCH3 is 1. The minimum Gasteiger partial charge on any atom is -0.507 e. The molecule has 0 aromatic heterocycles. The van der Waals surface area contributed by atoms with Gasteiger partial charge in [0.2, 0.25) is 0 Å². The predicted molar refractivity (Wildman–Crippen MR) is 70.2 cm³/mol. The summed E-state index contributed by atoms with van der Waals surface area (Å²) in [6.07, 6.45) is 0. The second kappa shape index (κ2) is 6.06. The van der Waals surface area contributed by atoms with Crippen LogP contribution >= 0.6 is 0 Å². The molecule has 0 aliphatic carbocycles. The maximum atomic E-state index is 13.5. The van der Waals surface area contributed by atoms with Crippen LogP contribution in [0.25, 0.3) is 0 Å². The Bertz CT molecular complexity index is 625. The molecule has 20 heavy (non-hydrogen) atoms. The summed E-state index contributed by atoms with van der Waals surface area (Å²) in [6.45, 7) is -0.0892. The van der Waals surface area contributed by atoms with E-state index in [0.29, 0.717) is 5.56 Å². The van der Waals surface area contributed by atoms with E-state index in [1.165, 1.54) is 31.4 Å². The summed E-state index contributed by atoms with van der Waals surface area (Å²) in [5.41, 5.74) is 0.563. The number of esters is 1. The average molecular weight is 276 g/mol. The van der Waals surface area contributed by atoms with Crippen LogP contribution in [0.3, 0.4) is 0 Å². The largest absolute Gasteiger partial charge is 0.507 e. The molecule has 0 spiro atoms. The van der Waals surface area contributed by atoms with Crippen molar-refractivity contribution in [3.8, 4) is 11.5 Å². The number of phenolic OH excluding ortho intramolecular Hbond substituents is 1. The highest BCUT2D eigenvalue weighted by Gasteiger charge is 2.12. The number of para-hydroxylation sites is 1. The SMILES string of the molecule is COc1ccc(COC(=O)c2ccccc2O)cc1F. The standard InChI is InChI=1S/C15H13FO4/c1-19-14-7-6-10(8-12(14)16)9-20-15(18)11-4-2-3-5-13(11)17/h2-8,17H,9H2,1H3. The van der Waals surface area contributed by atoms with Crippen molar-refractivity contribution in [2.45, 2.75) is 6.61 Å². The van der Waals surface area contributed by atoms with Gasteiger partial charge in [-0.1, -0.05) is 18.2 Å². The van der Waals surface area contributed by atoms with Crippen LogP contribution in [0.5, 0.6) is 11.5 Å². The fourth-order valence-electron chi connectivity index (χ4n) is 1.67. The number of phenols is 1. The minimum absolute atomic E-state index is 0.0708. The Morgan fingerprint density at radius 2 is 2.00 bits per heavy atom. The van der Waals surface area contributed by atoms with Crippen molar-refractivity contribution in [3.05, 3.63) is 59.4 Å². The van der Waals surface area contributed by atoms with Gasteiger partial charge in [0.15, 0.2) is 11.6 Å². The molecule has 0 unspecified atom stereocenters. The minimum atomic E-state index is -0.667. The van der Waals surface area contributed by atoms with Gasteiger partial charge in [-0.2, -0.15) is 0 Å². The number of aromatic hydroxyl groups is 1. The van der Waals surface area contributed by atoms with Gasteiger partial charge in [-0.3, -0.25) is 0 Å². The van der Waals surface area contributed by atoms with E-state index in [-0.39, 0.29) is 23.7 Å². The first-order chi connectivity index (χ1) is 9.61. The predicted octanol–water partition coefficient (Wildman–Crippen LogP) is 2.90. The van der Waals surface area contributed by atoms with Crippen LogP contribution < -0.4 is 4.74 Å². The third-order valence-electron chi connectivity index (χ3n) is 2.71. The number of ether oxygens (including phenoxy) is 2. The van der Waals surface area contributed by atoms with Crippen LogP contribution in [-0.2, 0) is 11.3 Å². The fraction of sp³-hybridized carbons (Fsp3) is 0.133. The van der Waals surface area contributed by atoms with Crippen LogP contribution in [0.15, 0.2) is 42.5 Å². The third kappa shape index (κ3) is 3.06. The number of hydrogen-bond donors (Lipinski definition) is 1. The van der Waals surface area contributed by atoms with E-state index in [1.54, 1.807) is 18.2 Å². The Morgan fingerprint density at radius 3 is 2.65 bits per heavy atom.